The van der Waals surface area contributed by atoms with E-state index in [1.165, 1.54) is 0 Å². The smallest absolute Gasteiger partial charge is 0.107 e. The lowest BCUT2D eigenvalue weighted by molar-refractivity contribution is 0.121. The first kappa shape index (κ1) is 14.1. The van der Waals surface area contributed by atoms with Gasteiger partial charge >= 0.3 is 0 Å². The Bertz CT molecular complexity index is 473. The summed E-state index contributed by atoms with van der Waals surface area (Å²) < 4.78 is 5.63. The Kier molecular flexibility index (Phi) is 5.94. The first-order valence-corrected chi connectivity index (χ1v) is 7.38. The highest BCUT2D eigenvalue weighted by Gasteiger charge is 2.02. The van der Waals surface area contributed by atoms with Gasteiger partial charge in [-0.25, -0.2) is 4.98 Å². The van der Waals surface area contributed by atoms with Gasteiger partial charge in [0.25, 0.3) is 0 Å². The van der Waals surface area contributed by atoms with Crippen LogP contribution < -0.4 is 5.32 Å². The number of nitrogens with one attached hydrogen (secondary N) is 1. The molecule has 0 amide bonds. The van der Waals surface area contributed by atoms with Crippen LogP contribution in [-0.4, -0.2) is 23.1 Å². The van der Waals surface area contributed by atoms with E-state index in [1.54, 1.807) is 11.3 Å². The van der Waals surface area contributed by atoms with Gasteiger partial charge < -0.3 is 10.1 Å². The maximum Gasteiger partial charge on any atom is 0.107 e. The van der Waals surface area contributed by atoms with E-state index in [9.17, 15) is 0 Å². The molecule has 0 aliphatic heterocycles. The zero-order valence-electron chi connectivity index (χ0n) is 11.1. The van der Waals surface area contributed by atoms with Gasteiger partial charge in [-0.15, -0.1) is 11.3 Å². The van der Waals surface area contributed by atoms with Crippen LogP contribution in [0.5, 0.6) is 0 Å². The minimum absolute atomic E-state index is 0.579. The summed E-state index contributed by atoms with van der Waals surface area (Å²) >= 11 is 1.68. The van der Waals surface area contributed by atoms with E-state index in [0.717, 1.165) is 35.9 Å². The number of aromatic nitrogens is 2. The van der Waals surface area contributed by atoms with Gasteiger partial charge in [0.15, 0.2) is 0 Å². The molecule has 0 aliphatic carbocycles. The van der Waals surface area contributed by atoms with Gasteiger partial charge in [0.1, 0.15) is 5.01 Å². The van der Waals surface area contributed by atoms with Crippen molar-refractivity contribution in [1.82, 2.24) is 15.3 Å². The second kappa shape index (κ2) is 7.99. The summed E-state index contributed by atoms with van der Waals surface area (Å²) in [5.74, 6) is 0. The van der Waals surface area contributed by atoms with Crippen molar-refractivity contribution in [2.24, 2.45) is 0 Å². The molecule has 4 nitrogen and oxygen atoms in total. The number of rotatable bonds is 8. The number of hydrogen-bond acceptors (Lipinski definition) is 5. The standard InChI is InChI=1S/C14H19N3OS/c1-2-15-9-14-17-13(11-19-14)10-18-8-6-12-5-3-4-7-16-12/h3-5,7,11,15H,2,6,8-10H2,1H3. The van der Waals surface area contributed by atoms with Gasteiger partial charge in [0.05, 0.1) is 18.9 Å². The van der Waals surface area contributed by atoms with Crippen LogP contribution in [0.4, 0.5) is 0 Å². The van der Waals surface area contributed by atoms with Crippen molar-refractivity contribution in [2.45, 2.75) is 26.5 Å². The number of nitrogens with zero attached hydrogens (tertiary/aromatic N) is 2. The highest BCUT2D eigenvalue weighted by Crippen LogP contribution is 2.10. The van der Waals surface area contributed by atoms with E-state index < -0.39 is 0 Å². The molecule has 2 aromatic heterocycles. The van der Waals surface area contributed by atoms with E-state index in [-0.39, 0.29) is 0 Å². The van der Waals surface area contributed by atoms with Gasteiger partial charge in [-0.3, -0.25) is 4.98 Å². The van der Waals surface area contributed by atoms with Crippen LogP contribution in [-0.2, 0) is 24.3 Å². The summed E-state index contributed by atoms with van der Waals surface area (Å²) in [5.41, 5.74) is 2.08. The van der Waals surface area contributed by atoms with E-state index >= 15 is 0 Å². The van der Waals surface area contributed by atoms with Crippen molar-refractivity contribution in [3.8, 4) is 0 Å². The molecule has 5 heteroatoms. The normalized spacial score (nSPS) is 10.8. The molecule has 0 aromatic carbocycles. The summed E-state index contributed by atoms with van der Waals surface area (Å²) in [7, 11) is 0. The van der Waals surface area contributed by atoms with Gasteiger partial charge in [-0.1, -0.05) is 13.0 Å². The SMILES string of the molecule is CCNCc1nc(COCCc2ccccn2)cs1. The highest BCUT2D eigenvalue weighted by atomic mass is 32.1. The number of pyridine rings is 1. The number of hydrogen-bond donors (Lipinski definition) is 1. The molecule has 0 bridgehead atoms. The summed E-state index contributed by atoms with van der Waals surface area (Å²) in [4.78, 5) is 8.77. The van der Waals surface area contributed by atoms with Crippen LogP contribution in [0.1, 0.15) is 23.3 Å². The topological polar surface area (TPSA) is 47.0 Å². The van der Waals surface area contributed by atoms with Crippen LogP contribution in [0.2, 0.25) is 0 Å². The molecule has 102 valence electrons. The minimum Gasteiger partial charge on any atom is -0.375 e. The van der Waals surface area contributed by atoms with Gasteiger partial charge in [0, 0.05) is 30.2 Å². The van der Waals surface area contributed by atoms with E-state index in [1.807, 2.05) is 24.4 Å². The summed E-state index contributed by atoms with van der Waals surface area (Å²) in [6.45, 7) is 5.16. The Labute approximate surface area is 117 Å². The average Bonchev–Trinajstić information content (AvgIpc) is 2.90. The van der Waals surface area contributed by atoms with E-state index in [2.05, 4.69) is 27.6 Å². The number of thiazole rings is 1. The van der Waals surface area contributed by atoms with Gasteiger partial charge in [-0.2, -0.15) is 0 Å². The minimum atomic E-state index is 0.579. The Morgan fingerprint density at radius 1 is 1.32 bits per heavy atom. The van der Waals surface area contributed by atoms with Crippen molar-refractivity contribution in [2.75, 3.05) is 13.2 Å². The fourth-order valence-corrected chi connectivity index (χ4v) is 2.38. The monoisotopic (exact) mass is 277 g/mol. The van der Waals surface area contributed by atoms with Gasteiger partial charge in [0.2, 0.25) is 0 Å². The molecule has 0 unspecified atom stereocenters. The summed E-state index contributed by atoms with van der Waals surface area (Å²) in [5, 5.41) is 6.44. The highest BCUT2D eigenvalue weighted by molar-refractivity contribution is 7.09. The second-order valence-electron chi connectivity index (χ2n) is 4.14. The molecule has 19 heavy (non-hydrogen) atoms. The largest absolute Gasteiger partial charge is 0.375 e. The fraction of sp³-hybridized carbons (Fsp3) is 0.429. The fourth-order valence-electron chi connectivity index (χ4n) is 1.63. The van der Waals surface area contributed by atoms with E-state index in [0.29, 0.717) is 13.2 Å². The van der Waals surface area contributed by atoms with E-state index in [4.69, 9.17) is 4.74 Å². The molecule has 1 N–H and O–H groups in total. The van der Waals surface area contributed by atoms with Gasteiger partial charge in [-0.05, 0) is 18.7 Å². The summed E-state index contributed by atoms with van der Waals surface area (Å²) in [6, 6.07) is 5.93. The van der Waals surface area contributed by atoms with Crippen molar-refractivity contribution >= 4 is 11.3 Å². The quantitative estimate of drug-likeness (QED) is 0.753. The third kappa shape index (κ3) is 5.06. The van der Waals surface area contributed by atoms with Crippen LogP contribution in [0.25, 0.3) is 0 Å². The van der Waals surface area contributed by atoms with Crippen LogP contribution in [0, 0.1) is 0 Å². The number of ether oxygens (including phenoxy) is 1. The predicted molar refractivity (Wildman–Crippen MR) is 77.1 cm³/mol. The van der Waals surface area contributed by atoms with Crippen LogP contribution in [0.3, 0.4) is 0 Å². The molecule has 0 saturated heterocycles. The average molecular weight is 277 g/mol. The molecule has 0 fully saturated rings. The van der Waals surface area contributed by atoms with Crippen molar-refractivity contribution in [1.29, 1.82) is 0 Å². The Hall–Kier alpha value is -1.30. The Morgan fingerprint density at radius 2 is 2.26 bits per heavy atom. The lowest BCUT2D eigenvalue weighted by Gasteiger charge is -2.01. The molecule has 2 heterocycles. The Balaban J connectivity index is 1.66. The molecule has 0 saturated carbocycles. The third-order valence-corrected chi connectivity index (χ3v) is 3.50. The maximum absolute atomic E-state index is 5.63. The van der Waals surface area contributed by atoms with Crippen molar-refractivity contribution in [3.05, 3.63) is 46.2 Å². The molecular weight excluding hydrogens is 258 g/mol. The predicted octanol–water partition coefficient (Wildman–Crippen LogP) is 2.41. The lowest BCUT2D eigenvalue weighted by atomic mass is 10.3. The van der Waals surface area contributed by atoms with Crippen LogP contribution in [0.15, 0.2) is 29.8 Å². The first-order chi connectivity index (χ1) is 9.38. The molecule has 0 radical (unpaired) electrons. The molecule has 2 aromatic rings. The zero-order valence-corrected chi connectivity index (χ0v) is 11.9. The molecule has 0 atom stereocenters. The third-order valence-electron chi connectivity index (χ3n) is 2.60. The Morgan fingerprint density at radius 3 is 3.05 bits per heavy atom. The second-order valence-corrected chi connectivity index (χ2v) is 5.08. The van der Waals surface area contributed by atoms with Crippen molar-refractivity contribution in [3.63, 3.8) is 0 Å². The molecule has 0 aliphatic rings. The first-order valence-electron chi connectivity index (χ1n) is 6.50. The maximum atomic E-state index is 5.63. The zero-order chi connectivity index (χ0) is 13.3. The molecule has 0 spiro atoms. The lowest BCUT2D eigenvalue weighted by Crippen LogP contribution is -2.11. The molecular formula is C14H19N3OS. The van der Waals surface area contributed by atoms with Crippen molar-refractivity contribution < 1.29 is 4.74 Å². The van der Waals surface area contributed by atoms with Crippen LogP contribution >= 0.6 is 11.3 Å². The summed E-state index contributed by atoms with van der Waals surface area (Å²) in [6.07, 6.45) is 2.65. The molecule has 2 rings (SSSR count).